The number of piperidine rings is 1. The molecule has 0 unspecified atom stereocenters. The molecule has 1 saturated heterocycles. The minimum Gasteiger partial charge on any atom is -0.303 e. The van der Waals surface area contributed by atoms with E-state index < -0.39 is 0 Å². The van der Waals surface area contributed by atoms with E-state index in [0.29, 0.717) is 5.41 Å². The van der Waals surface area contributed by atoms with Crippen LogP contribution in [0.5, 0.6) is 0 Å². The number of hydrogen-bond donors (Lipinski definition) is 0. The summed E-state index contributed by atoms with van der Waals surface area (Å²) in [6.07, 6.45) is 12.7. The zero-order valence-corrected chi connectivity index (χ0v) is 14.5. The summed E-state index contributed by atoms with van der Waals surface area (Å²) in [4.78, 5) is 2.65. The fourth-order valence-electron chi connectivity index (χ4n) is 2.75. The fourth-order valence-corrected chi connectivity index (χ4v) is 2.75. The highest BCUT2D eigenvalue weighted by atomic mass is 15.1. The van der Waals surface area contributed by atoms with Gasteiger partial charge in [-0.05, 0) is 64.1 Å². The topological polar surface area (TPSA) is 3.24 Å². The Bertz CT molecular complexity index is 324. The van der Waals surface area contributed by atoms with Crippen LogP contribution in [0.1, 0.15) is 73.1 Å². The largest absolute Gasteiger partial charge is 0.303 e. The molecule has 0 N–H and O–H groups in total. The van der Waals surface area contributed by atoms with Gasteiger partial charge < -0.3 is 4.90 Å². The molecule has 1 aliphatic rings. The van der Waals surface area contributed by atoms with Crippen molar-refractivity contribution < 1.29 is 0 Å². The molecular weight excluding hydrogens is 242 g/mol. The Morgan fingerprint density at radius 2 is 1.70 bits per heavy atom. The maximum Gasteiger partial charge on any atom is -0.00157 e. The van der Waals surface area contributed by atoms with Gasteiger partial charge in [0.05, 0.1) is 0 Å². The molecule has 0 saturated carbocycles. The van der Waals surface area contributed by atoms with Gasteiger partial charge in [-0.1, -0.05) is 57.4 Å². The van der Waals surface area contributed by atoms with Gasteiger partial charge in [0.15, 0.2) is 0 Å². The van der Waals surface area contributed by atoms with Gasteiger partial charge in [-0.3, -0.25) is 0 Å². The second-order valence-electron chi connectivity index (χ2n) is 7.31. The van der Waals surface area contributed by atoms with Crippen LogP contribution < -0.4 is 0 Å². The number of hydrogen-bond acceptors (Lipinski definition) is 1. The van der Waals surface area contributed by atoms with Crippen LogP contribution in [0.3, 0.4) is 0 Å². The Hall–Kier alpha value is -0.560. The van der Waals surface area contributed by atoms with Crippen LogP contribution >= 0.6 is 0 Å². The van der Waals surface area contributed by atoms with E-state index in [1.807, 2.05) is 0 Å². The molecule has 1 heteroatoms. The van der Waals surface area contributed by atoms with Crippen LogP contribution in [0.2, 0.25) is 0 Å². The number of rotatable bonds is 6. The van der Waals surface area contributed by atoms with Crippen molar-refractivity contribution in [1.82, 2.24) is 4.90 Å². The maximum absolute atomic E-state index is 2.65. The number of nitrogens with zero attached hydrogens (tertiary/aromatic N) is 1. The van der Waals surface area contributed by atoms with Crippen LogP contribution in [0.15, 0.2) is 23.3 Å². The molecule has 1 aliphatic heterocycles. The van der Waals surface area contributed by atoms with Gasteiger partial charge in [0.1, 0.15) is 0 Å². The van der Waals surface area contributed by atoms with E-state index in [2.05, 4.69) is 51.7 Å². The van der Waals surface area contributed by atoms with E-state index in [4.69, 9.17) is 0 Å². The maximum atomic E-state index is 2.65. The lowest BCUT2D eigenvalue weighted by Gasteiger charge is -2.28. The molecule has 0 aromatic carbocycles. The lowest BCUT2D eigenvalue weighted by atomic mass is 9.83. The first-order valence-corrected chi connectivity index (χ1v) is 8.52. The zero-order valence-electron chi connectivity index (χ0n) is 14.5. The summed E-state index contributed by atoms with van der Waals surface area (Å²) in [5.41, 5.74) is 3.37. The Balaban J connectivity index is 2.48. The SMILES string of the molecule is CC/C(C)=C\C=C(/CCCN1CCCCC1)C(C)(C)C. The lowest BCUT2D eigenvalue weighted by Crippen LogP contribution is -2.30. The zero-order chi connectivity index (χ0) is 15.0. The lowest BCUT2D eigenvalue weighted by molar-refractivity contribution is 0.225. The number of likely N-dealkylation sites (tertiary alicyclic amines) is 1. The molecule has 0 aliphatic carbocycles. The van der Waals surface area contributed by atoms with Gasteiger partial charge in [-0.2, -0.15) is 0 Å². The van der Waals surface area contributed by atoms with Crippen LogP contribution in [-0.4, -0.2) is 24.5 Å². The third-order valence-electron chi connectivity index (χ3n) is 4.46. The molecule has 0 spiro atoms. The summed E-state index contributed by atoms with van der Waals surface area (Å²) in [6.45, 7) is 15.4. The smallest absolute Gasteiger partial charge is 0.00157 e. The van der Waals surface area contributed by atoms with Gasteiger partial charge in [0.2, 0.25) is 0 Å². The molecule has 1 rings (SSSR count). The van der Waals surface area contributed by atoms with Crippen molar-refractivity contribution in [3.05, 3.63) is 23.3 Å². The predicted molar refractivity (Wildman–Crippen MR) is 91.1 cm³/mol. The molecule has 0 amide bonds. The molecule has 20 heavy (non-hydrogen) atoms. The summed E-state index contributed by atoms with van der Waals surface area (Å²) in [5.74, 6) is 0. The highest BCUT2D eigenvalue weighted by Gasteiger charge is 2.17. The second kappa shape index (κ2) is 8.67. The third kappa shape index (κ3) is 6.74. The van der Waals surface area contributed by atoms with Crippen molar-refractivity contribution in [2.45, 2.75) is 73.1 Å². The van der Waals surface area contributed by atoms with E-state index in [1.54, 1.807) is 5.57 Å². The van der Waals surface area contributed by atoms with Crippen molar-refractivity contribution >= 4 is 0 Å². The molecule has 0 aromatic heterocycles. The van der Waals surface area contributed by atoms with E-state index in [0.717, 1.165) is 6.42 Å². The van der Waals surface area contributed by atoms with Gasteiger partial charge in [-0.25, -0.2) is 0 Å². The summed E-state index contributed by atoms with van der Waals surface area (Å²) in [5, 5.41) is 0. The quantitative estimate of drug-likeness (QED) is 0.573. The second-order valence-corrected chi connectivity index (χ2v) is 7.31. The van der Waals surface area contributed by atoms with Crippen molar-refractivity contribution in [1.29, 1.82) is 0 Å². The Morgan fingerprint density at radius 3 is 2.25 bits per heavy atom. The molecule has 1 fully saturated rings. The summed E-state index contributed by atoms with van der Waals surface area (Å²) in [6, 6.07) is 0. The van der Waals surface area contributed by atoms with Gasteiger partial charge in [-0.15, -0.1) is 0 Å². The molecule has 1 heterocycles. The highest BCUT2D eigenvalue weighted by Crippen LogP contribution is 2.29. The monoisotopic (exact) mass is 277 g/mol. The predicted octanol–water partition coefficient (Wildman–Crippen LogP) is 5.58. The molecule has 1 nitrogen and oxygen atoms in total. The first-order chi connectivity index (χ1) is 9.43. The van der Waals surface area contributed by atoms with Crippen molar-refractivity contribution in [3.63, 3.8) is 0 Å². The molecule has 0 atom stereocenters. The number of allylic oxidation sites excluding steroid dienone is 4. The summed E-state index contributed by atoms with van der Waals surface area (Å²) >= 11 is 0. The minimum atomic E-state index is 0.298. The Morgan fingerprint density at radius 1 is 1.05 bits per heavy atom. The van der Waals surface area contributed by atoms with Crippen molar-refractivity contribution in [2.24, 2.45) is 5.41 Å². The minimum absolute atomic E-state index is 0.298. The molecule has 0 aromatic rings. The van der Waals surface area contributed by atoms with Gasteiger partial charge in [0, 0.05) is 0 Å². The third-order valence-corrected chi connectivity index (χ3v) is 4.46. The average Bonchev–Trinajstić information content (AvgIpc) is 2.42. The van der Waals surface area contributed by atoms with Crippen LogP contribution in [0.25, 0.3) is 0 Å². The highest BCUT2D eigenvalue weighted by molar-refractivity contribution is 5.20. The van der Waals surface area contributed by atoms with Gasteiger partial charge >= 0.3 is 0 Å². The fraction of sp³-hybridized carbons (Fsp3) is 0.789. The molecule has 116 valence electrons. The molecular formula is C19H35N. The first kappa shape index (κ1) is 17.5. The van der Waals surface area contributed by atoms with E-state index >= 15 is 0 Å². The first-order valence-electron chi connectivity index (χ1n) is 8.52. The molecule has 0 radical (unpaired) electrons. The normalized spacial score (nSPS) is 19.4. The van der Waals surface area contributed by atoms with Crippen LogP contribution in [0.4, 0.5) is 0 Å². The van der Waals surface area contributed by atoms with E-state index in [1.165, 1.54) is 57.3 Å². The van der Waals surface area contributed by atoms with Crippen molar-refractivity contribution in [2.75, 3.05) is 19.6 Å². The molecule has 0 bridgehead atoms. The van der Waals surface area contributed by atoms with Crippen LogP contribution in [-0.2, 0) is 0 Å². The summed E-state index contributed by atoms with van der Waals surface area (Å²) in [7, 11) is 0. The van der Waals surface area contributed by atoms with E-state index in [9.17, 15) is 0 Å². The summed E-state index contributed by atoms with van der Waals surface area (Å²) < 4.78 is 0. The van der Waals surface area contributed by atoms with Crippen LogP contribution in [0, 0.1) is 5.41 Å². The standard InChI is InChI=1S/C19H35N/c1-6-17(2)12-13-18(19(3,4)5)11-10-16-20-14-8-7-9-15-20/h12-13H,6-11,14-16H2,1-5H3/b17-12-,18-13+. The Labute approximate surface area is 127 Å². The Kier molecular flexibility index (Phi) is 7.58. The van der Waals surface area contributed by atoms with Crippen molar-refractivity contribution in [3.8, 4) is 0 Å². The van der Waals surface area contributed by atoms with Gasteiger partial charge in [0.25, 0.3) is 0 Å². The average molecular weight is 277 g/mol. The van der Waals surface area contributed by atoms with E-state index in [-0.39, 0.29) is 0 Å².